The Morgan fingerprint density at radius 3 is 2.74 bits per heavy atom. The van der Waals surface area contributed by atoms with Crippen LogP contribution in [0.3, 0.4) is 0 Å². The van der Waals surface area contributed by atoms with E-state index in [1.54, 1.807) is 0 Å². The van der Waals surface area contributed by atoms with E-state index in [0.717, 1.165) is 11.4 Å². The van der Waals surface area contributed by atoms with E-state index in [0.29, 0.717) is 24.1 Å². The lowest BCUT2D eigenvalue weighted by atomic mass is 10.2. The highest BCUT2D eigenvalue weighted by molar-refractivity contribution is 6.28. The van der Waals surface area contributed by atoms with E-state index in [9.17, 15) is 0 Å². The summed E-state index contributed by atoms with van der Waals surface area (Å²) in [6.45, 7) is 0.582. The largest absolute Gasteiger partial charge is 0.340 e. The monoisotopic (exact) mass is 275 g/mol. The molecular formula is C12H10ClN5O. The molecule has 0 fully saturated rings. The summed E-state index contributed by atoms with van der Waals surface area (Å²) in [5.41, 5.74) is 0.965. The van der Waals surface area contributed by atoms with Gasteiger partial charge in [-0.3, -0.25) is 4.57 Å². The standard InChI is InChI=1S/C12H10ClN5O/c13-12-17-16-11(9-4-2-1-3-5-9)18(12)7-6-10-14-8-15-19-10/h1-5,8H,6-7H2. The van der Waals surface area contributed by atoms with Crippen molar-refractivity contribution >= 4 is 11.6 Å². The average Bonchev–Trinajstić information content (AvgIpc) is 3.07. The highest BCUT2D eigenvalue weighted by Crippen LogP contribution is 2.20. The average molecular weight is 276 g/mol. The van der Waals surface area contributed by atoms with Crippen LogP contribution in [0.4, 0.5) is 0 Å². The van der Waals surface area contributed by atoms with Crippen LogP contribution in [0.5, 0.6) is 0 Å². The van der Waals surface area contributed by atoms with E-state index in [-0.39, 0.29) is 0 Å². The van der Waals surface area contributed by atoms with Gasteiger partial charge in [-0.1, -0.05) is 35.5 Å². The topological polar surface area (TPSA) is 69.6 Å². The highest BCUT2D eigenvalue weighted by Gasteiger charge is 2.12. The van der Waals surface area contributed by atoms with Gasteiger partial charge >= 0.3 is 0 Å². The van der Waals surface area contributed by atoms with Gasteiger partial charge in [0.15, 0.2) is 12.2 Å². The molecule has 0 atom stereocenters. The van der Waals surface area contributed by atoms with Gasteiger partial charge in [-0.05, 0) is 11.6 Å². The Balaban J connectivity index is 1.87. The first-order valence-corrected chi connectivity index (χ1v) is 6.12. The first kappa shape index (κ1) is 11.9. The lowest BCUT2D eigenvalue weighted by molar-refractivity contribution is 0.371. The molecule has 0 aliphatic rings. The maximum absolute atomic E-state index is 6.06. The molecule has 0 spiro atoms. The van der Waals surface area contributed by atoms with Crippen molar-refractivity contribution in [1.82, 2.24) is 24.9 Å². The van der Waals surface area contributed by atoms with Gasteiger partial charge in [-0.15, -0.1) is 10.2 Å². The third-order valence-electron chi connectivity index (χ3n) is 2.69. The molecule has 0 saturated carbocycles. The number of hydrogen-bond donors (Lipinski definition) is 0. The number of aryl methyl sites for hydroxylation is 1. The van der Waals surface area contributed by atoms with Crippen LogP contribution in [0, 0.1) is 0 Å². The van der Waals surface area contributed by atoms with Crippen LogP contribution in [0.2, 0.25) is 5.28 Å². The summed E-state index contributed by atoms with van der Waals surface area (Å²) >= 11 is 6.06. The number of nitrogens with zero attached hydrogens (tertiary/aromatic N) is 5. The predicted octanol–water partition coefficient (Wildman–Crippen LogP) is 2.22. The third kappa shape index (κ3) is 2.48. The van der Waals surface area contributed by atoms with Gasteiger partial charge in [0, 0.05) is 18.5 Å². The molecule has 3 rings (SSSR count). The number of rotatable bonds is 4. The SMILES string of the molecule is Clc1nnc(-c2ccccc2)n1CCc1ncno1. The van der Waals surface area contributed by atoms with Crippen molar-refractivity contribution in [2.75, 3.05) is 0 Å². The van der Waals surface area contributed by atoms with Crippen LogP contribution < -0.4 is 0 Å². The van der Waals surface area contributed by atoms with Crippen LogP contribution in [0.1, 0.15) is 5.89 Å². The fourth-order valence-corrected chi connectivity index (χ4v) is 2.00. The summed E-state index contributed by atoms with van der Waals surface area (Å²) in [4.78, 5) is 3.97. The first-order valence-electron chi connectivity index (χ1n) is 5.74. The molecule has 3 aromatic rings. The molecule has 0 unspecified atom stereocenters. The fourth-order valence-electron chi connectivity index (χ4n) is 1.80. The van der Waals surface area contributed by atoms with Crippen molar-refractivity contribution in [3.8, 4) is 11.4 Å². The normalized spacial score (nSPS) is 10.8. The van der Waals surface area contributed by atoms with Gasteiger partial charge < -0.3 is 4.52 Å². The Labute approximate surface area is 114 Å². The van der Waals surface area contributed by atoms with Gasteiger partial charge in [-0.25, -0.2) is 0 Å². The van der Waals surface area contributed by atoms with Gasteiger partial charge in [0.2, 0.25) is 11.2 Å². The van der Waals surface area contributed by atoms with E-state index in [1.807, 2.05) is 34.9 Å². The Morgan fingerprint density at radius 1 is 1.16 bits per heavy atom. The fraction of sp³-hybridized carbons (Fsp3) is 0.167. The van der Waals surface area contributed by atoms with E-state index in [4.69, 9.17) is 16.1 Å². The van der Waals surface area contributed by atoms with E-state index in [1.165, 1.54) is 6.33 Å². The number of aromatic nitrogens is 5. The maximum Gasteiger partial charge on any atom is 0.228 e. The molecule has 0 N–H and O–H groups in total. The van der Waals surface area contributed by atoms with Crippen molar-refractivity contribution in [2.24, 2.45) is 0 Å². The molecule has 96 valence electrons. The second kappa shape index (κ2) is 5.19. The number of halogens is 1. The summed E-state index contributed by atoms with van der Waals surface area (Å²) in [5, 5.41) is 11.9. The number of benzene rings is 1. The first-order chi connectivity index (χ1) is 9.34. The quantitative estimate of drug-likeness (QED) is 0.730. The van der Waals surface area contributed by atoms with Gasteiger partial charge in [-0.2, -0.15) is 4.98 Å². The lowest BCUT2D eigenvalue weighted by Gasteiger charge is -2.05. The van der Waals surface area contributed by atoms with Crippen molar-refractivity contribution < 1.29 is 4.52 Å². The maximum atomic E-state index is 6.06. The van der Waals surface area contributed by atoms with Gasteiger partial charge in [0.05, 0.1) is 0 Å². The minimum absolute atomic E-state index is 0.346. The van der Waals surface area contributed by atoms with Crippen molar-refractivity contribution in [2.45, 2.75) is 13.0 Å². The molecule has 1 aromatic carbocycles. The Bertz CT molecular complexity index is 650. The Morgan fingerprint density at radius 2 is 2.00 bits per heavy atom. The van der Waals surface area contributed by atoms with Crippen LogP contribution in [-0.2, 0) is 13.0 Å². The van der Waals surface area contributed by atoms with E-state index < -0.39 is 0 Å². The van der Waals surface area contributed by atoms with Crippen molar-refractivity contribution in [1.29, 1.82) is 0 Å². The van der Waals surface area contributed by atoms with Crippen LogP contribution >= 0.6 is 11.6 Å². The molecule has 0 saturated heterocycles. The Hall–Kier alpha value is -2.21. The summed E-state index contributed by atoms with van der Waals surface area (Å²) < 4.78 is 6.78. The molecule has 6 nitrogen and oxygen atoms in total. The minimum Gasteiger partial charge on any atom is -0.340 e. The molecule has 2 heterocycles. The summed E-state index contributed by atoms with van der Waals surface area (Å²) in [5.74, 6) is 1.29. The zero-order valence-corrected chi connectivity index (χ0v) is 10.7. The molecule has 0 aliphatic heterocycles. The lowest BCUT2D eigenvalue weighted by Crippen LogP contribution is -2.04. The Kier molecular flexibility index (Phi) is 3.24. The molecule has 0 amide bonds. The molecule has 0 aliphatic carbocycles. The molecule has 0 radical (unpaired) electrons. The van der Waals surface area contributed by atoms with Crippen LogP contribution in [0.15, 0.2) is 41.2 Å². The zero-order valence-electron chi connectivity index (χ0n) is 9.90. The molecule has 2 aromatic heterocycles. The van der Waals surface area contributed by atoms with Gasteiger partial charge in [0.25, 0.3) is 0 Å². The smallest absolute Gasteiger partial charge is 0.228 e. The minimum atomic E-state index is 0.346. The van der Waals surface area contributed by atoms with E-state index in [2.05, 4.69) is 20.3 Å². The second-order valence-corrected chi connectivity index (χ2v) is 4.23. The molecular weight excluding hydrogens is 266 g/mol. The zero-order chi connectivity index (χ0) is 13.1. The van der Waals surface area contributed by atoms with E-state index >= 15 is 0 Å². The predicted molar refractivity (Wildman–Crippen MR) is 68.5 cm³/mol. The second-order valence-electron chi connectivity index (χ2n) is 3.90. The summed E-state index contributed by atoms with van der Waals surface area (Å²) in [6.07, 6.45) is 1.96. The summed E-state index contributed by atoms with van der Waals surface area (Å²) in [7, 11) is 0. The number of hydrogen-bond acceptors (Lipinski definition) is 5. The van der Waals surface area contributed by atoms with Gasteiger partial charge in [0.1, 0.15) is 0 Å². The van der Waals surface area contributed by atoms with Crippen LogP contribution in [0.25, 0.3) is 11.4 Å². The summed E-state index contributed by atoms with van der Waals surface area (Å²) in [6, 6.07) is 9.76. The van der Waals surface area contributed by atoms with Crippen molar-refractivity contribution in [3.63, 3.8) is 0 Å². The highest BCUT2D eigenvalue weighted by atomic mass is 35.5. The third-order valence-corrected chi connectivity index (χ3v) is 2.97. The molecule has 0 bridgehead atoms. The van der Waals surface area contributed by atoms with Crippen molar-refractivity contribution in [3.05, 3.63) is 47.8 Å². The molecule has 7 heteroatoms. The molecule has 19 heavy (non-hydrogen) atoms. The van der Waals surface area contributed by atoms with Crippen LogP contribution in [-0.4, -0.2) is 24.9 Å².